The monoisotopic (exact) mass is 434 g/mol. The SMILES string of the molecule is C=C(NCCN1CCC(CCc2ccccc2)CC1)c1ccnc(N(C)CCCCC)c1. The van der Waals surface area contributed by atoms with E-state index in [2.05, 4.69) is 83.1 Å². The molecule has 1 aliphatic rings. The summed E-state index contributed by atoms with van der Waals surface area (Å²) in [5, 5.41) is 3.54. The topological polar surface area (TPSA) is 31.4 Å². The Labute approximate surface area is 195 Å². The lowest BCUT2D eigenvalue weighted by molar-refractivity contribution is 0.181. The molecular weight excluding hydrogens is 392 g/mol. The number of piperidine rings is 1. The maximum Gasteiger partial charge on any atom is 0.128 e. The fraction of sp³-hybridized carbons (Fsp3) is 0.536. The summed E-state index contributed by atoms with van der Waals surface area (Å²) in [5.41, 5.74) is 3.61. The van der Waals surface area contributed by atoms with E-state index in [9.17, 15) is 0 Å². The molecule has 1 aliphatic heterocycles. The van der Waals surface area contributed by atoms with Crippen LogP contribution >= 0.6 is 0 Å². The molecule has 1 fully saturated rings. The molecule has 0 spiro atoms. The lowest BCUT2D eigenvalue weighted by atomic mass is 9.90. The van der Waals surface area contributed by atoms with Crippen LogP contribution in [0.1, 0.15) is 56.6 Å². The van der Waals surface area contributed by atoms with Crippen LogP contribution in [0.25, 0.3) is 5.70 Å². The molecule has 0 atom stereocenters. The highest BCUT2D eigenvalue weighted by molar-refractivity contribution is 5.64. The Hall–Kier alpha value is -2.33. The van der Waals surface area contributed by atoms with Crippen LogP contribution in [0.3, 0.4) is 0 Å². The van der Waals surface area contributed by atoms with Crippen LogP contribution in [-0.4, -0.2) is 49.7 Å². The minimum Gasteiger partial charge on any atom is -0.384 e. The molecule has 174 valence electrons. The normalized spacial score (nSPS) is 14.9. The van der Waals surface area contributed by atoms with Crippen molar-refractivity contribution in [1.29, 1.82) is 0 Å². The number of nitrogens with one attached hydrogen (secondary N) is 1. The Kier molecular flexibility index (Phi) is 10.1. The van der Waals surface area contributed by atoms with Crippen molar-refractivity contribution in [3.63, 3.8) is 0 Å². The molecule has 1 N–H and O–H groups in total. The molecule has 0 radical (unpaired) electrons. The summed E-state index contributed by atoms with van der Waals surface area (Å²) in [5.74, 6) is 1.90. The molecule has 0 saturated carbocycles. The van der Waals surface area contributed by atoms with Gasteiger partial charge in [-0.05, 0) is 68.8 Å². The van der Waals surface area contributed by atoms with Crippen LogP contribution in [0, 0.1) is 5.92 Å². The minimum absolute atomic E-state index is 0.874. The lowest BCUT2D eigenvalue weighted by Gasteiger charge is -2.32. The van der Waals surface area contributed by atoms with Crippen molar-refractivity contribution in [1.82, 2.24) is 15.2 Å². The molecule has 4 heteroatoms. The second-order valence-corrected chi connectivity index (χ2v) is 9.25. The van der Waals surface area contributed by atoms with Gasteiger partial charge in [-0.1, -0.05) is 56.7 Å². The van der Waals surface area contributed by atoms with Gasteiger partial charge in [-0.25, -0.2) is 4.98 Å². The highest BCUT2D eigenvalue weighted by atomic mass is 15.2. The average molecular weight is 435 g/mol. The Bertz CT molecular complexity index is 796. The minimum atomic E-state index is 0.874. The molecule has 1 saturated heterocycles. The molecule has 2 aromatic rings. The fourth-order valence-electron chi connectivity index (χ4n) is 4.51. The third-order valence-corrected chi connectivity index (χ3v) is 6.74. The van der Waals surface area contributed by atoms with Gasteiger partial charge in [0.25, 0.3) is 0 Å². The molecule has 32 heavy (non-hydrogen) atoms. The van der Waals surface area contributed by atoms with E-state index >= 15 is 0 Å². The molecule has 0 aliphatic carbocycles. The number of benzene rings is 1. The van der Waals surface area contributed by atoms with Crippen LogP contribution in [0.4, 0.5) is 5.82 Å². The molecule has 1 aromatic heterocycles. The zero-order valence-electron chi connectivity index (χ0n) is 20.2. The molecule has 4 nitrogen and oxygen atoms in total. The van der Waals surface area contributed by atoms with Gasteiger partial charge >= 0.3 is 0 Å². The Morgan fingerprint density at radius 1 is 1.16 bits per heavy atom. The third-order valence-electron chi connectivity index (χ3n) is 6.74. The van der Waals surface area contributed by atoms with Crippen LogP contribution in [0.2, 0.25) is 0 Å². The standard InChI is InChI=1S/C28H42N4/c1-4-5-9-19-31(3)28-23-27(14-17-30-28)24(2)29-18-22-32-20-15-26(16-21-32)13-12-25-10-7-6-8-11-25/h6-8,10-11,14,17,23,26,29H,2,4-5,9,12-13,15-16,18-22H2,1,3H3. The number of nitrogens with zero attached hydrogens (tertiary/aromatic N) is 3. The van der Waals surface area contributed by atoms with E-state index in [0.717, 1.165) is 42.6 Å². The summed E-state index contributed by atoms with van der Waals surface area (Å²) in [6.07, 6.45) is 10.8. The Morgan fingerprint density at radius 2 is 1.94 bits per heavy atom. The molecule has 0 unspecified atom stereocenters. The van der Waals surface area contributed by atoms with Crippen molar-refractivity contribution in [3.8, 4) is 0 Å². The summed E-state index contributed by atoms with van der Waals surface area (Å²) in [6, 6.07) is 15.1. The van der Waals surface area contributed by atoms with Crippen LogP contribution in [0.5, 0.6) is 0 Å². The average Bonchev–Trinajstić information content (AvgIpc) is 2.84. The predicted octanol–water partition coefficient (Wildman–Crippen LogP) is 5.61. The largest absolute Gasteiger partial charge is 0.384 e. The zero-order chi connectivity index (χ0) is 22.6. The summed E-state index contributed by atoms with van der Waals surface area (Å²) < 4.78 is 0. The maximum absolute atomic E-state index is 4.54. The zero-order valence-corrected chi connectivity index (χ0v) is 20.2. The molecule has 2 heterocycles. The second-order valence-electron chi connectivity index (χ2n) is 9.25. The smallest absolute Gasteiger partial charge is 0.128 e. The van der Waals surface area contributed by atoms with Gasteiger partial charge < -0.3 is 15.1 Å². The number of rotatable bonds is 13. The van der Waals surface area contributed by atoms with E-state index in [4.69, 9.17) is 0 Å². The first-order chi connectivity index (χ1) is 15.7. The summed E-state index contributed by atoms with van der Waals surface area (Å²) >= 11 is 0. The second kappa shape index (κ2) is 13.3. The first-order valence-corrected chi connectivity index (χ1v) is 12.5. The molecule has 0 amide bonds. The van der Waals surface area contributed by atoms with E-state index in [1.807, 2.05) is 6.20 Å². The Morgan fingerprint density at radius 3 is 2.69 bits per heavy atom. The van der Waals surface area contributed by atoms with Gasteiger partial charge in [-0.3, -0.25) is 0 Å². The van der Waals surface area contributed by atoms with Crippen LogP contribution in [0.15, 0.2) is 55.2 Å². The van der Waals surface area contributed by atoms with Crippen molar-refractivity contribution in [3.05, 3.63) is 66.4 Å². The first-order valence-electron chi connectivity index (χ1n) is 12.5. The van der Waals surface area contributed by atoms with Gasteiger partial charge in [-0.2, -0.15) is 0 Å². The van der Waals surface area contributed by atoms with E-state index in [-0.39, 0.29) is 0 Å². The number of hydrogen-bond donors (Lipinski definition) is 1. The van der Waals surface area contributed by atoms with Crippen molar-refractivity contribution >= 4 is 11.5 Å². The Balaban J connectivity index is 1.34. The van der Waals surface area contributed by atoms with Crippen LogP contribution in [-0.2, 0) is 6.42 Å². The van der Waals surface area contributed by atoms with E-state index in [1.165, 1.54) is 63.6 Å². The highest BCUT2D eigenvalue weighted by Crippen LogP contribution is 2.22. The molecule has 3 rings (SSSR count). The van der Waals surface area contributed by atoms with Gasteiger partial charge in [0.2, 0.25) is 0 Å². The maximum atomic E-state index is 4.54. The van der Waals surface area contributed by atoms with Crippen molar-refractivity contribution in [2.45, 2.75) is 51.9 Å². The van der Waals surface area contributed by atoms with Gasteiger partial charge in [0.15, 0.2) is 0 Å². The number of aromatic nitrogens is 1. The number of anilines is 1. The summed E-state index contributed by atoms with van der Waals surface area (Å²) in [6.45, 7) is 12.0. The first kappa shape index (κ1) is 24.3. The van der Waals surface area contributed by atoms with E-state index < -0.39 is 0 Å². The number of unbranched alkanes of at least 4 members (excludes halogenated alkanes) is 2. The van der Waals surface area contributed by atoms with Gasteiger partial charge in [0.05, 0.1) is 0 Å². The van der Waals surface area contributed by atoms with E-state index in [1.54, 1.807) is 0 Å². The fourth-order valence-corrected chi connectivity index (χ4v) is 4.51. The molecular formula is C28H42N4. The van der Waals surface area contributed by atoms with E-state index in [0.29, 0.717) is 0 Å². The van der Waals surface area contributed by atoms with Gasteiger partial charge in [0.1, 0.15) is 5.82 Å². The predicted molar refractivity (Wildman–Crippen MR) is 138 cm³/mol. The number of likely N-dealkylation sites (tertiary alicyclic amines) is 1. The lowest BCUT2D eigenvalue weighted by Crippen LogP contribution is -2.38. The van der Waals surface area contributed by atoms with Crippen molar-refractivity contribution < 1.29 is 0 Å². The molecule has 1 aromatic carbocycles. The van der Waals surface area contributed by atoms with Gasteiger partial charge in [-0.15, -0.1) is 0 Å². The third kappa shape index (κ3) is 7.98. The van der Waals surface area contributed by atoms with Crippen molar-refractivity contribution in [2.24, 2.45) is 5.92 Å². The number of hydrogen-bond acceptors (Lipinski definition) is 4. The summed E-state index contributed by atoms with van der Waals surface area (Å²) in [7, 11) is 2.13. The van der Waals surface area contributed by atoms with Crippen LogP contribution < -0.4 is 10.2 Å². The van der Waals surface area contributed by atoms with Gasteiger partial charge in [0, 0.05) is 44.1 Å². The number of aryl methyl sites for hydroxylation is 1. The summed E-state index contributed by atoms with van der Waals surface area (Å²) in [4.78, 5) is 9.38. The molecule has 0 bridgehead atoms. The quantitative estimate of drug-likeness (QED) is 0.415. The highest BCUT2D eigenvalue weighted by Gasteiger charge is 2.18. The number of pyridine rings is 1. The van der Waals surface area contributed by atoms with Crippen molar-refractivity contribution in [2.75, 3.05) is 44.7 Å².